The van der Waals surface area contributed by atoms with E-state index >= 15 is 0 Å². The molecular formula is C20H16BrN5O2S. The molecule has 1 aromatic heterocycles. The molecule has 7 nitrogen and oxygen atoms in total. The third kappa shape index (κ3) is 4.20. The van der Waals surface area contributed by atoms with Gasteiger partial charge in [-0.3, -0.25) is 19.9 Å². The van der Waals surface area contributed by atoms with Crippen molar-refractivity contribution >= 4 is 55.6 Å². The van der Waals surface area contributed by atoms with Crippen molar-refractivity contribution in [2.75, 3.05) is 10.3 Å². The highest BCUT2D eigenvalue weighted by Crippen LogP contribution is 2.27. The molecule has 2 amide bonds. The predicted octanol–water partition coefficient (Wildman–Crippen LogP) is 3.63. The number of nitrogens with one attached hydrogen (secondary N) is 1. The second-order valence-electron chi connectivity index (χ2n) is 6.35. The number of primary amides is 1. The lowest BCUT2D eigenvalue weighted by Gasteiger charge is -2.20. The van der Waals surface area contributed by atoms with E-state index in [0.29, 0.717) is 10.8 Å². The Kier molecular flexibility index (Phi) is 5.41. The summed E-state index contributed by atoms with van der Waals surface area (Å²) in [6.07, 6.45) is 0.140. The maximum Gasteiger partial charge on any atom is 0.273 e. The molecule has 146 valence electrons. The quantitative estimate of drug-likeness (QED) is 0.595. The van der Waals surface area contributed by atoms with Crippen LogP contribution >= 0.6 is 27.3 Å². The molecule has 0 unspecified atom stereocenters. The summed E-state index contributed by atoms with van der Waals surface area (Å²) in [5.41, 5.74) is 8.18. The van der Waals surface area contributed by atoms with E-state index in [-0.39, 0.29) is 12.1 Å². The minimum atomic E-state index is -0.701. The number of carbonyl (C=O) groups is 2. The van der Waals surface area contributed by atoms with Gasteiger partial charge in [0.1, 0.15) is 11.8 Å². The lowest BCUT2D eigenvalue weighted by atomic mass is 10.1. The molecule has 1 aliphatic heterocycles. The highest BCUT2D eigenvalue weighted by molar-refractivity contribution is 9.10. The zero-order chi connectivity index (χ0) is 20.4. The molecule has 0 radical (unpaired) electrons. The van der Waals surface area contributed by atoms with Crippen molar-refractivity contribution in [3.8, 4) is 11.3 Å². The van der Waals surface area contributed by atoms with Crippen LogP contribution < -0.4 is 16.1 Å². The standard InChI is InChI=1S/C20H16BrN5O2S/c21-13-8-6-12(7-9-13)16-11-29-20(23-16)24-19(28)15-10-17(18(22)27)26(25-15)14-4-2-1-3-5-14/h1-9,11,17H,10H2,(H2,22,27)(H,23,24,28)/t17-/m0/s1. The molecule has 0 saturated carbocycles. The number of hydrogen-bond acceptors (Lipinski definition) is 6. The van der Waals surface area contributed by atoms with Crippen LogP contribution in [0, 0.1) is 0 Å². The first kappa shape index (κ1) is 19.3. The van der Waals surface area contributed by atoms with Gasteiger partial charge in [-0.2, -0.15) is 5.10 Å². The highest BCUT2D eigenvalue weighted by Gasteiger charge is 2.35. The molecule has 3 aromatic rings. The zero-order valence-electron chi connectivity index (χ0n) is 15.1. The van der Waals surface area contributed by atoms with Gasteiger partial charge in [0, 0.05) is 21.8 Å². The number of amides is 2. The SMILES string of the molecule is NC(=O)[C@@H]1CC(C(=O)Nc2nc(-c3ccc(Br)cc3)cs2)=NN1c1ccccc1. The molecule has 0 saturated heterocycles. The van der Waals surface area contributed by atoms with E-state index in [4.69, 9.17) is 5.73 Å². The fourth-order valence-corrected chi connectivity index (χ4v) is 3.92. The molecule has 29 heavy (non-hydrogen) atoms. The molecule has 2 aromatic carbocycles. The highest BCUT2D eigenvalue weighted by atomic mass is 79.9. The number of thiazole rings is 1. The van der Waals surface area contributed by atoms with Crippen LogP contribution in [0.2, 0.25) is 0 Å². The average molecular weight is 470 g/mol. The Morgan fingerprint density at radius 3 is 2.55 bits per heavy atom. The smallest absolute Gasteiger partial charge is 0.273 e. The molecule has 0 aliphatic carbocycles. The normalized spacial score (nSPS) is 15.8. The maximum atomic E-state index is 12.7. The summed E-state index contributed by atoms with van der Waals surface area (Å²) in [5, 5.41) is 10.9. The summed E-state index contributed by atoms with van der Waals surface area (Å²) in [6, 6.07) is 16.2. The third-order valence-electron chi connectivity index (χ3n) is 4.39. The number of benzene rings is 2. The van der Waals surface area contributed by atoms with Crippen LogP contribution in [-0.4, -0.2) is 28.6 Å². The van der Waals surface area contributed by atoms with Gasteiger partial charge in [0.05, 0.1) is 11.4 Å². The van der Waals surface area contributed by atoms with Gasteiger partial charge in [-0.15, -0.1) is 11.3 Å². The Morgan fingerprint density at radius 1 is 1.14 bits per heavy atom. The van der Waals surface area contributed by atoms with Crippen molar-refractivity contribution in [2.24, 2.45) is 10.8 Å². The van der Waals surface area contributed by atoms with Crippen LogP contribution in [0.25, 0.3) is 11.3 Å². The Bertz CT molecular complexity index is 1080. The summed E-state index contributed by atoms with van der Waals surface area (Å²) >= 11 is 4.73. The molecule has 3 N–H and O–H groups in total. The van der Waals surface area contributed by atoms with Crippen molar-refractivity contribution in [3.63, 3.8) is 0 Å². The van der Waals surface area contributed by atoms with Gasteiger partial charge in [-0.05, 0) is 24.3 Å². The summed E-state index contributed by atoms with van der Waals surface area (Å²) in [4.78, 5) is 29.0. The number of aromatic nitrogens is 1. The summed E-state index contributed by atoms with van der Waals surface area (Å²) < 4.78 is 0.983. The van der Waals surface area contributed by atoms with Crippen LogP contribution in [0.15, 0.2) is 69.6 Å². The molecule has 1 aliphatic rings. The number of rotatable bonds is 5. The van der Waals surface area contributed by atoms with Crippen molar-refractivity contribution in [2.45, 2.75) is 12.5 Å². The molecule has 0 fully saturated rings. The van der Waals surface area contributed by atoms with E-state index in [2.05, 4.69) is 31.3 Å². The third-order valence-corrected chi connectivity index (χ3v) is 5.67. The largest absolute Gasteiger partial charge is 0.368 e. The monoisotopic (exact) mass is 469 g/mol. The van der Waals surface area contributed by atoms with Crippen LogP contribution in [-0.2, 0) is 9.59 Å². The second-order valence-corrected chi connectivity index (χ2v) is 8.12. The number of nitrogens with zero attached hydrogens (tertiary/aromatic N) is 3. The van der Waals surface area contributed by atoms with Crippen molar-refractivity contribution in [3.05, 3.63) is 64.5 Å². The van der Waals surface area contributed by atoms with E-state index in [1.54, 1.807) is 0 Å². The van der Waals surface area contributed by atoms with E-state index in [1.807, 2.05) is 60.0 Å². The fourth-order valence-electron chi connectivity index (χ4n) is 2.94. The van der Waals surface area contributed by atoms with Gasteiger partial charge in [0.25, 0.3) is 5.91 Å². The Balaban J connectivity index is 1.51. The first-order chi connectivity index (χ1) is 14.0. The molecule has 2 heterocycles. The van der Waals surface area contributed by atoms with Gasteiger partial charge in [0.2, 0.25) is 5.91 Å². The molecule has 1 atom stereocenters. The van der Waals surface area contributed by atoms with Gasteiger partial charge in [-0.25, -0.2) is 4.98 Å². The van der Waals surface area contributed by atoms with E-state index in [1.165, 1.54) is 16.3 Å². The number of hydrazone groups is 1. The van der Waals surface area contributed by atoms with Crippen LogP contribution in [0.5, 0.6) is 0 Å². The number of hydrogen-bond donors (Lipinski definition) is 2. The summed E-state index contributed by atoms with van der Waals surface area (Å²) in [7, 11) is 0. The first-order valence-electron chi connectivity index (χ1n) is 8.75. The number of halogens is 1. The first-order valence-corrected chi connectivity index (χ1v) is 10.4. The van der Waals surface area contributed by atoms with Crippen LogP contribution in [0.3, 0.4) is 0 Å². The number of para-hydroxylation sites is 1. The van der Waals surface area contributed by atoms with Crippen molar-refractivity contribution in [1.82, 2.24) is 4.98 Å². The molecule has 0 spiro atoms. The van der Waals surface area contributed by atoms with Gasteiger partial charge in [0.15, 0.2) is 5.13 Å². The van der Waals surface area contributed by atoms with Crippen molar-refractivity contribution < 1.29 is 9.59 Å². The van der Waals surface area contributed by atoms with Gasteiger partial charge >= 0.3 is 0 Å². The van der Waals surface area contributed by atoms with Crippen molar-refractivity contribution in [1.29, 1.82) is 0 Å². The maximum absolute atomic E-state index is 12.7. The summed E-state index contributed by atoms with van der Waals surface area (Å²) in [6.45, 7) is 0. The van der Waals surface area contributed by atoms with E-state index < -0.39 is 17.9 Å². The van der Waals surface area contributed by atoms with E-state index in [9.17, 15) is 9.59 Å². The lowest BCUT2D eigenvalue weighted by Crippen LogP contribution is -2.39. The molecule has 0 bridgehead atoms. The number of anilines is 2. The average Bonchev–Trinajstić information content (AvgIpc) is 3.37. The minimum Gasteiger partial charge on any atom is -0.368 e. The number of carbonyl (C=O) groups excluding carboxylic acids is 2. The Morgan fingerprint density at radius 2 is 1.86 bits per heavy atom. The topological polar surface area (TPSA) is 101 Å². The Hall–Kier alpha value is -3.04. The Labute approximate surface area is 179 Å². The molecule has 4 rings (SSSR count). The predicted molar refractivity (Wildman–Crippen MR) is 118 cm³/mol. The van der Waals surface area contributed by atoms with Gasteiger partial charge < -0.3 is 5.73 Å². The minimum absolute atomic E-state index is 0.140. The molecular weight excluding hydrogens is 454 g/mol. The molecule has 9 heteroatoms. The van der Waals surface area contributed by atoms with Gasteiger partial charge in [-0.1, -0.05) is 46.3 Å². The zero-order valence-corrected chi connectivity index (χ0v) is 17.5. The van der Waals surface area contributed by atoms with E-state index in [0.717, 1.165) is 15.7 Å². The van der Waals surface area contributed by atoms with Crippen LogP contribution in [0.1, 0.15) is 6.42 Å². The lowest BCUT2D eigenvalue weighted by molar-refractivity contribution is -0.119. The van der Waals surface area contributed by atoms with Crippen LogP contribution in [0.4, 0.5) is 10.8 Å². The number of nitrogens with two attached hydrogens (primary N) is 1. The summed E-state index contributed by atoms with van der Waals surface area (Å²) in [5.74, 6) is -0.932. The second kappa shape index (κ2) is 8.14. The fraction of sp³-hybridized carbons (Fsp3) is 0.100.